The summed E-state index contributed by atoms with van der Waals surface area (Å²) in [6, 6.07) is 109. The Balaban J connectivity index is 0.000000187. The van der Waals surface area contributed by atoms with Crippen LogP contribution in [0, 0.1) is 0 Å². The van der Waals surface area contributed by atoms with Gasteiger partial charge in [0, 0.05) is 34.3 Å². The van der Waals surface area contributed by atoms with Gasteiger partial charge in [-0.1, -0.05) is 269 Å². The van der Waals surface area contributed by atoms with Gasteiger partial charge in [0.05, 0.1) is 55.2 Å². The van der Waals surface area contributed by atoms with Gasteiger partial charge in [0.25, 0.3) is 0 Å². The molecule has 6 saturated carbocycles. The van der Waals surface area contributed by atoms with Crippen molar-refractivity contribution < 1.29 is 68.3 Å². The first-order valence-electron chi connectivity index (χ1n) is 38.6. The normalized spacial score (nSPS) is 17.5. The molecule has 0 bridgehead atoms. The molecule has 0 radical (unpaired) electrons. The minimum absolute atomic E-state index is 0. The van der Waals surface area contributed by atoms with Gasteiger partial charge in [-0.3, -0.25) is 16.5 Å². The second kappa shape index (κ2) is 54.3. The van der Waals surface area contributed by atoms with Crippen LogP contribution in [0.25, 0.3) is 0 Å². The van der Waals surface area contributed by atoms with Crippen molar-refractivity contribution in [3.63, 3.8) is 0 Å². The smallest absolute Gasteiger partial charge is 0.427 e. The Bertz CT molecular complexity index is 3270. The van der Waals surface area contributed by atoms with E-state index in [1.807, 2.05) is 54.9 Å². The molecule has 6 aliphatic carbocycles. The first-order valence-corrected chi connectivity index (χ1v) is 57.5. The second-order valence-electron chi connectivity index (χ2n) is 28.3. The predicted octanol–water partition coefficient (Wildman–Crippen LogP) is 25.1. The molecule has 16 heteroatoms. The van der Waals surface area contributed by atoms with E-state index in [1.165, 1.54) is 120 Å². The molecule has 6 fully saturated rings. The number of hydrogen-bond donors (Lipinski definition) is 0. The van der Waals surface area contributed by atoms with Crippen molar-refractivity contribution in [1.82, 2.24) is 0 Å². The zero-order valence-electron chi connectivity index (χ0n) is 61.6. The molecular weight excluding hydrogens is 1710 g/mol. The summed E-state index contributed by atoms with van der Waals surface area (Å²) in [6.45, 7) is 0. The van der Waals surface area contributed by atoms with Crippen molar-refractivity contribution in [1.29, 1.82) is 0 Å². The van der Waals surface area contributed by atoms with E-state index in [4.69, 9.17) is 0 Å². The van der Waals surface area contributed by atoms with Gasteiger partial charge in [-0.25, -0.2) is 0 Å². The van der Waals surface area contributed by atoms with Crippen LogP contribution >= 0.6 is 96.6 Å². The van der Waals surface area contributed by atoms with Gasteiger partial charge in [0.2, 0.25) is 0 Å². The SMILES string of the molecule is C1CCC([PH+](C2CCCC2)C2CCCC2)C1.C1CCC([PH+](C2CCCC2)C2CCCC2)C1.[Cu+].[Cu+].[Cu+].[Cu+].[PH3+]c1ccccc1.[PH3+]c1ccccc1.c1ccc([P-][P@@](c2ccccc2)[PH+]([P-]c2ccccc2)c2ccccc2)cc1.c1ccc([P-][P@](c2ccccc2)[PH+]([P-]c2ccccc2)c2ccccc2)cc1. The predicted molar refractivity (Wildman–Crippen MR) is 491 cm³/mol. The number of hydrogen-bond acceptors (Lipinski definition) is 0. The van der Waals surface area contributed by atoms with Gasteiger partial charge in [0.15, 0.2) is 0 Å². The standard InChI is InChI=1S/2C24H21P4.2C15H27P.2C6H7P.4Cu/c2*1-5-13-21(14-6-1)25-27(23-17-9-3-10-18-23)28(24-19-11-4-12-20-24)26-22-15-7-2-8-16-22;2*1-2-8-13(7-1)16(14-9-3-4-10-14)15-11-5-6-12-15;2*7-6-4-2-1-3-5-6;;;;/h2*1-20,27H;2*13-15H,1-12H2;2*1-5H,7H2;;;;/q2*-1;;;;;4*+1/p+4/t2*28-;;;;;;;;/m10......../s1. The van der Waals surface area contributed by atoms with E-state index in [1.54, 1.807) is 154 Å². The van der Waals surface area contributed by atoms with Gasteiger partial charge in [0.1, 0.15) is 0 Å². The minimum atomic E-state index is -0.838. The van der Waals surface area contributed by atoms with Crippen molar-refractivity contribution in [2.24, 2.45) is 0 Å². The second-order valence-corrected chi connectivity index (χ2v) is 61.8. The third kappa shape index (κ3) is 31.6. The summed E-state index contributed by atoms with van der Waals surface area (Å²) in [6.07, 6.45) is 38.3. The Morgan fingerprint density at radius 3 is 0.604 bits per heavy atom. The molecular formula is C90H114Cu4P12+6. The third-order valence-electron chi connectivity index (χ3n) is 21.0. The molecule has 6 aliphatic rings. The average Bonchev–Trinajstić information content (AvgIpc) is 0.996. The van der Waals surface area contributed by atoms with Crippen molar-refractivity contribution in [2.75, 3.05) is 0 Å². The molecule has 0 amide bonds. The van der Waals surface area contributed by atoms with Crippen LogP contribution in [0.4, 0.5) is 0 Å². The van der Waals surface area contributed by atoms with E-state index in [0.717, 1.165) is 0 Å². The summed E-state index contributed by atoms with van der Waals surface area (Å²) < 4.78 is 0. The Morgan fingerprint density at radius 2 is 0.406 bits per heavy atom. The van der Waals surface area contributed by atoms with E-state index in [-0.39, 0.29) is 98.7 Å². The van der Waals surface area contributed by atoms with Gasteiger partial charge in [-0.15, -0.1) is 14.6 Å². The van der Waals surface area contributed by atoms with Crippen LogP contribution < -0.4 is 53.0 Å². The quantitative estimate of drug-likeness (QED) is 0.0527. The number of rotatable bonds is 20. The van der Waals surface area contributed by atoms with Gasteiger partial charge >= 0.3 is 68.3 Å². The fourth-order valence-electron chi connectivity index (χ4n) is 16.2. The number of benzene rings is 10. The summed E-state index contributed by atoms with van der Waals surface area (Å²) in [7, 11) is 7.35. The molecule has 0 saturated heterocycles. The molecule has 16 rings (SSSR count). The van der Waals surface area contributed by atoms with Crippen molar-refractivity contribution >= 4 is 150 Å². The van der Waals surface area contributed by atoms with E-state index in [0.29, 0.717) is 0 Å². The topological polar surface area (TPSA) is 0 Å². The maximum absolute atomic E-state index is 2.34. The van der Waals surface area contributed by atoms with Crippen LogP contribution in [0.1, 0.15) is 154 Å². The molecule has 106 heavy (non-hydrogen) atoms. The van der Waals surface area contributed by atoms with Gasteiger partial charge < -0.3 is 16.5 Å². The molecule has 0 aliphatic heterocycles. The summed E-state index contributed by atoms with van der Waals surface area (Å²) in [5.41, 5.74) is 7.48. The van der Waals surface area contributed by atoms with Crippen LogP contribution in [-0.2, 0) is 68.3 Å². The zero-order valence-corrected chi connectivity index (χ0v) is 77.6. The zero-order chi connectivity index (χ0) is 69.9. The third-order valence-corrected chi connectivity index (χ3v) is 65.7. The first-order chi connectivity index (χ1) is 50.5. The first kappa shape index (κ1) is 92.6. The largest absolute Gasteiger partial charge is 1.00 e. The van der Waals surface area contributed by atoms with Crippen molar-refractivity contribution in [2.45, 2.75) is 188 Å². The van der Waals surface area contributed by atoms with Crippen LogP contribution in [0.15, 0.2) is 303 Å². The minimum Gasteiger partial charge on any atom is -0.427 e. The van der Waals surface area contributed by atoms with Crippen molar-refractivity contribution in [3.05, 3.63) is 303 Å². The monoisotopic (exact) mass is 1820 g/mol. The molecule has 6 atom stereocenters. The summed E-state index contributed by atoms with van der Waals surface area (Å²) in [5, 5.41) is 14.4. The molecule has 0 spiro atoms. The molecule has 10 aromatic carbocycles. The van der Waals surface area contributed by atoms with E-state index in [9.17, 15) is 0 Å². The van der Waals surface area contributed by atoms with E-state index in [2.05, 4.69) is 267 Å². The maximum atomic E-state index is 2.34. The van der Waals surface area contributed by atoms with Crippen LogP contribution in [-0.4, -0.2) is 34.0 Å². The summed E-state index contributed by atoms with van der Waals surface area (Å²) in [4.78, 5) is 0. The van der Waals surface area contributed by atoms with Gasteiger partial charge in [-0.05, 0) is 213 Å². The van der Waals surface area contributed by atoms with Gasteiger partial charge in [-0.2, -0.15) is 21.2 Å². The average molecular weight is 1820 g/mol. The molecule has 0 nitrogen and oxygen atoms in total. The van der Waals surface area contributed by atoms with Crippen LogP contribution in [0.5, 0.6) is 0 Å². The summed E-state index contributed by atoms with van der Waals surface area (Å²) in [5.74, 6) is 0. The fraction of sp³-hybridized carbons (Fsp3) is 0.333. The maximum Gasteiger partial charge on any atom is 1.00 e. The Kier molecular flexibility index (Phi) is 47.4. The molecule has 0 aromatic heterocycles. The molecule has 0 heterocycles. The Morgan fingerprint density at radius 1 is 0.226 bits per heavy atom. The Labute approximate surface area is 702 Å². The molecule has 572 valence electrons. The van der Waals surface area contributed by atoms with E-state index < -0.39 is 14.6 Å². The van der Waals surface area contributed by atoms with Crippen LogP contribution in [0.2, 0.25) is 0 Å². The van der Waals surface area contributed by atoms with Crippen LogP contribution in [0.3, 0.4) is 0 Å². The van der Waals surface area contributed by atoms with Crippen molar-refractivity contribution in [3.8, 4) is 0 Å². The Hall–Kier alpha value is -0.562. The fourth-order valence-corrected chi connectivity index (χ4v) is 63.3. The molecule has 0 N–H and O–H groups in total. The molecule has 10 aromatic rings. The molecule has 4 unspecified atom stereocenters. The van der Waals surface area contributed by atoms with E-state index >= 15 is 0 Å². The summed E-state index contributed by atoms with van der Waals surface area (Å²) >= 11 is 0.